The predicted molar refractivity (Wildman–Crippen MR) is 137 cm³/mol. The van der Waals surface area contributed by atoms with E-state index in [9.17, 15) is 4.39 Å². The lowest BCUT2D eigenvalue weighted by atomic mass is 9.92. The number of hydrogen-bond donors (Lipinski definition) is 0. The first-order valence-electron chi connectivity index (χ1n) is 13.0. The third kappa shape index (κ3) is 7.00. The maximum absolute atomic E-state index is 13.3. The van der Waals surface area contributed by atoms with Crippen LogP contribution < -0.4 is 0 Å². The van der Waals surface area contributed by atoms with Crippen LogP contribution in [0.4, 0.5) is 4.39 Å². The minimum absolute atomic E-state index is 0.0123. The lowest BCUT2D eigenvalue weighted by Gasteiger charge is -2.32. The zero-order valence-electron chi connectivity index (χ0n) is 22.4. The Balaban J connectivity index is 0.000000218. The van der Waals surface area contributed by atoms with Crippen molar-refractivity contribution in [1.29, 1.82) is 0 Å². The van der Waals surface area contributed by atoms with Gasteiger partial charge in [0.25, 0.3) is 0 Å². The molecule has 0 aromatic heterocycles. The number of nitrogens with zero attached hydrogens (tertiary/aromatic N) is 2. The summed E-state index contributed by atoms with van der Waals surface area (Å²) in [6, 6.07) is 0. The third-order valence-electron chi connectivity index (χ3n) is 7.18. The molecule has 190 valence electrons. The Kier molecular flexibility index (Phi) is 10.4. The summed E-state index contributed by atoms with van der Waals surface area (Å²) in [6.07, 6.45) is 5.97. The molecule has 4 rings (SSSR count). The minimum Gasteiger partial charge on any atom is -0.377 e. The maximum atomic E-state index is 13.3. The first-order chi connectivity index (χ1) is 15.5. The first kappa shape index (κ1) is 28.2. The summed E-state index contributed by atoms with van der Waals surface area (Å²) in [4.78, 5) is 4.90. The molecule has 0 bridgehead atoms. The lowest BCUT2D eigenvalue weighted by Crippen LogP contribution is -2.43. The Labute approximate surface area is 202 Å². The second-order valence-electron chi connectivity index (χ2n) is 10.7. The van der Waals surface area contributed by atoms with Gasteiger partial charge in [0.1, 0.15) is 0 Å². The van der Waals surface area contributed by atoms with Gasteiger partial charge in [-0.15, -0.1) is 0 Å². The van der Waals surface area contributed by atoms with Crippen molar-refractivity contribution in [1.82, 2.24) is 9.80 Å². The summed E-state index contributed by atoms with van der Waals surface area (Å²) in [7, 11) is 0. The molecule has 0 aromatic carbocycles. The van der Waals surface area contributed by atoms with E-state index in [0.717, 1.165) is 70.6 Å². The minimum atomic E-state index is 0.0123. The highest BCUT2D eigenvalue weighted by Gasteiger charge is 2.48. The van der Waals surface area contributed by atoms with Crippen molar-refractivity contribution in [2.24, 2.45) is 0 Å². The van der Waals surface area contributed by atoms with Crippen molar-refractivity contribution in [2.75, 3.05) is 39.4 Å². The van der Waals surface area contributed by atoms with Crippen LogP contribution in [0, 0.1) is 0 Å². The molecule has 0 aliphatic carbocycles. The van der Waals surface area contributed by atoms with Crippen LogP contribution in [0.1, 0.15) is 80.6 Å². The summed E-state index contributed by atoms with van der Waals surface area (Å²) in [5.41, 5.74) is 3.96. The molecule has 4 aliphatic heterocycles. The largest absolute Gasteiger partial charge is 0.377 e. The zero-order valence-corrected chi connectivity index (χ0v) is 22.4. The van der Waals surface area contributed by atoms with Gasteiger partial charge in [-0.1, -0.05) is 38.2 Å². The van der Waals surface area contributed by atoms with Crippen LogP contribution in [0.3, 0.4) is 0 Å². The van der Waals surface area contributed by atoms with Crippen LogP contribution in [-0.2, 0) is 9.47 Å². The van der Waals surface area contributed by atoms with Gasteiger partial charge < -0.3 is 9.47 Å². The predicted octanol–water partition coefficient (Wildman–Crippen LogP) is 6.29. The summed E-state index contributed by atoms with van der Waals surface area (Å²) in [5, 5.41) is 0. The Morgan fingerprint density at radius 3 is 1.88 bits per heavy atom. The van der Waals surface area contributed by atoms with Crippen molar-refractivity contribution in [3.05, 3.63) is 35.7 Å². The molecule has 0 amide bonds. The molecule has 4 nitrogen and oxygen atoms in total. The average Bonchev–Trinajstić information content (AvgIpc) is 3.43. The molecule has 1 atom stereocenters. The molecule has 4 fully saturated rings. The van der Waals surface area contributed by atoms with Crippen LogP contribution in [0.5, 0.6) is 0 Å². The maximum Gasteiger partial charge on any atom is 0.0974 e. The van der Waals surface area contributed by atoms with Crippen molar-refractivity contribution >= 4 is 0 Å². The van der Waals surface area contributed by atoms with E-state index in [1.165, 1.54) is 17.6 Å². The Morgan fingerprint density at radius 1 is 0.879 bits per heavy atom. The van der Waals surface area contributed by atoms with Gasteiger partial charge in [-0.2, -0.15) is 0 Å². The molecule has 0 spiro atoms. The fourth-order valence-corrected chi connectivity index (χ4v) is 5.67. The van der Waals surface area contributed by atoms with Gasteiger partial charge in [0.15, 0.2) is 0 Å². The van der Waals surface area contributed by atoms with E-state index >= 15 is 0 Å². The molecular formula is C28H49FN2O2. The molecule has 0 unspecified atom stereocenters. The highest BCUT2D eigenvalue weighted by Crippen LogP contribution is 2.43. The quantitative estimate of drug-likeness (QED) is 0.431. The number of rotatable bonds is 6. The molecule has 33 heavy (non-hydrogen) atoms. The van der Waals surface area contributed by atoms with Gasteiger partial charge in [-0.25, -0.2) is 4.39 Å². The Bertz CT molecular complexity index is 691. The Hall–Kier alpha value is -1.01. The highest BCUT2D eigenvalue weighted by atomic mass is 19.1. The topological polar surface area (TPSA) is 24.9 Å². The van der Waals surface area contributed by atoms with E-state index < -0.39 is 0 Å². The van der Waals surface area contributed by atoms with Crippen molar-refractivity contribution in [3.63, 3.8) is 0 Å². The van der Waals surface area contributed by atoms with E-state index in [0.29, 0.717) is 6.10 Å². The molecule has 0 saturated carbocycles. The monoisotopic (exact) mass is 464 g/mol. The molecule has 0 radical (unpaired) electrons. The summed E-state index contributed by atoms with van der Waals surface area (Å²) in [5.74, 6) is 0.0123. The second kappa shape index (κ2) is 12.1. The molecule has 0 aromatic rings. The molecular weight excluding hydrogens is 415 g/mol. The van der Waals surface area contributed by atoms with Crippen LogP contribution in [0.15, 0.2) is 35.7 Å². The smallest absolute Gasteiger partial charge is 0.0974 e. The van der Waals surface area contributed by atoms with E-state index in [-0.39, 0.29) is 23.0 Å². The summed E-state index contributed by atoms with van der Waals surface area (Å²) < 4.78 is 24.9. The number of hydrogen-bond acceptors (Lipinski definition) is 4. The number of allylic oxidation sites excluding steroid dienone is 1. The zero-order chi connectivity index (χ0) is 24.8. The number of fused-ring (bicyclic) bond motifs is 2. The fraction of sp³-hybridized carbons (Fsp3) is 0.786. The molecule has 4 aliphatic rings. The van der Waals surface area contributed by atoms with Gasteiger partial charge >= 0.3 is 0 Å². The number of ether oxygens (including phenoxy) is 2. The first-order valence-corrected chi connectivity index (χ1v) is 13.0. The van der Waals surface area contributed by atoms with E-state index in [1.807, 2.05) is 13.8 Å². The normalized spacial score (nSPS) is 27.9. The van der Waals surface area contributed by atoms with E-state index in [1.54, 1.807) is 6.92 Å². The molecule has 4 heterocycles. The molecule has 4 saturated heterocycles. The summed E-state index contributed by atoms with van der Waals surface area (Å²) >= 11 is 0. The van der Waals surface area contributed by atoms with E-state index in [2.05, 4.69) is 50.7 Å². The van der Waals surface area contributed by atoms with Crippen molar-refractivity contribution < 1.29 is 13.9 Å². The van der Waals surface area contributed by atoms with Crippen LogP contribution >= 0.6 is 0 Å². The molecule has 5 heteroatoms. The lowest BCUT2D eigenvalue weighted by molar-refractivity contribution is 0.00327. The summed E-state index contributed by atoms with van der Waals surface area (Å²) in [6.45, 7) is 27.6. The number of halogens is 1. The highest BCUT2D eigenvalue weighted by molar-refractivity contribution is 5.26. The molecule has 0 N–H and O–H groups in total. The fourth-order valence-electron chi connectivity index (χ4n) is 5.67. The van der Waals surface area contributed by atoms with Gasteiger partial charge in [0.2, 0.25) is 0 Å². The van der Waals surface area contributed by atoms with Crippen LogP contribution in [0.2, 0.25) is 0 Å². The van der Waals surface area contributed by atoms with Crippen LogP contribution in [0.25, 0.3) is 0 Å². The van der Waals surface area contributed by atoms with Gasteiger partial charge in [-0.3, -0.25) is 9.80 Å². The third-order valence-corrected chi connectivity index (χ3v) is 7.18. The SMILES string of the molecule is C/C(F)=C1\CN2CCC[C@@]2(COC(C)C)C1.C=C1CN2CC(=C)CC2(COC(C)C)C1.CC. The Morgan fingerprint density at radius 2 is 1.39 bits per heavy atom. The second-order valence-corrected chi connectivity index (χ2v) is 10.7. The van der Waals surface area contributed by atoms with Crippen molar-refractivity contribution in [3.8, 4) is 0 Å². The van der Waals surface area contributed by atoms with Gasteiger partial charge in [0, 0.05) is 25.2 Å². The van der Waals surface area contributed by atoms with E-state index in [4.69, 9.17) is 9.47 Å². The van der Waals surface area contributed by atoms with Gasteiger partial charge in [-0.05, 0) is 78.8 Å². The standard InChI is InChI=1S/C13H22FNO.C13H21NO.C2H6/c1-10(2)16-9-13-5-4-6-15(13)8-12(7-13)11(3)14;1-10(2)15-9-13-5-11(3)7-14(13)8-12(4)6-13;1-2/h10H,4-9H2,1-3H3;10H,3-9H2,1-2H3;1-2H3/b12-11+;;/t13-;;/m0../s1. The van der Waals surface area contributed by atoms with Crippen LogP contribution in [-0.4, -0.2) is 72.5 Å². The average molecular weight is 465 g/mol. The van der Waals surface area contributed by atoms with Gasteiger partial charge in [0.05, 0.1) is 36.8 Å². The van der Waals surface area contributed by atoms with Crippen molar-refractivity contribution in [2.45, 2.75) is 104 Å².